The van der Waals surface area contributed by atoms with Gasteiger partial charge >= 0.3 is 0 Å². The molecule has 6 heteroatoms. The van der Waals surface area contributed by atoms with Crippen molar-refractivity contribution < 1.29 is 13.2 Å². The van der Waals surface area contributed by atoms with Crippen LogP contribution in [0.4, 0.5) is 0 Å². The highest BCUT2D eigenvalue weighted by Gasteiger charge is 2.21. The van der Waals surface area contributed by atoms with Gasteiger partial charge < -0.3 is 10.1 Å². The molecule has 0 saturated carbocycles. The molecule has 1 aromatic rings. The van der Waals surface area contributed by atoms with Gasteiger partial charge in [0, 0.05) is 34.8 Å². The van der Waals surface area contributed by atoms with Crippen LogP contribution in [0.2, 0.25) is 0 Å². The van der Waals surface area contributed by atoms with Crippen molar-refractivity contribution in [2.45, 2.75) is 19.4 Å². The maximum atomic E-state index is 11.5. The van der Waals surface area contributed by atoms with E-state index >= 15 is 0 Å². The molecular formula is C13H18BrNO3S. The average Bonchev–Trinajstić information content (AvgIpc) is 2.39. The molecule has 0 fully saturated rings. The summed E-state index contributed by atoms with van der Waals surface area (Å²) in [6, 6.07) is 6.08. The van der Waals surface area contributed by atoms with Crippen molar-refractivity contribution >= 4 is 25.8 Å². The highest BCUT2D eigenvalue weighted by atomic mass is 79.9. The van der Waals surface area contributed by atoms with E-state index in [9.17, 15) is 8.42 Å². The van der Waals surface area contributed by atoms with Crippen LogP contribution in [-0.2, 0) is 9.84 Å². The minimum Gasteiger partial charge on any atom is -0.493 e. The highest BCUT2D eigenvalue weighted by Crippen LogP contribution is 2.33. The normalized spacial score (nSPS) is 18.7. The molecule has 0 aliphatic carbocycles. The topological polar surface area (TPSA) is 55.4 Å². The largest absolute Gasteiger partial charge is 0.493 e. The molecule has 2 rings (SSSR count). The number of rotatable bonds is 5. The summed E-state index contributed by atoms with van der Waals surface area (Å²) in [5, 5.41) is 3.32. The van der Waals surface area contributed by atoms with Crippen LogP contribution in [0.25, 0.3) is 0 Å². The lowest BCUT2D eigenvalue weighted by Crippen LogP contribution is -2.31. The summed E-state index contributed by atoms with van der Waals surface area (Å²) < 4.78 is 29.5. The Balaban J connectivity index is 2.02. The first-order valence-electron chi connectivity index (χ1n) is 6.38. The molecule has 0 radical (unpaired) electrons. The first-order chi connectivity index (χ1) is 9.02. The zero-order valence-electron chi connectivity index (χ0n) is 10.9. The van der Waals surface area contributed by atoms with Gasteiger partial charge in [0.25, 0.3) is 0 Å². The minimum atomic E-state index is -2.91. The molecule has 1 atom stereocenters. The summed E-state index contributed by atoms with van der Waals surface area (Å²) in [6.07, 6.45) is 0.857. The number of nitrogens with one attached hydrogen (secondary N) is 1. The Morgan fingerprint density at radius 2 is 2.26 bits per heavy atom. The van der Waals surface area contributed by atoms with E-state index in [0.29, 0.717) is 13.2 Å². The van der Waals surface area contributed by atoms with Crippen molar-refractivity contribution in [3.63, 3.8) is 0 Å². The fraction of sp³-hybridized carbons (Fsp3) is 0.538. The third-order valence-electron chi connectivity index (χ3n) is 3.25. The molecule has 0 spiro atoms. The summed E-state index contributed by atoms with van der Waals surface area (Å²) in [7, 11) is -2.91. The van der Waals surface area contributed by atoms with Gasteiger partial charge in [0.05, 0.1) is 12.4 Å². The van der Waals surface area contributed by atoms with Crippen LogP contribution in [0.3, 0.4) is 0 Å². The van der Waals surface area contributed by atoms with Gasteiger partial charge in [0.1, 0.15) is 5.75 Å². The zero-order valence-corrected chi connectivity index (χ0v) is 13.3. The summed E-state index contributed by atoms with van der Waals surface area (Å²) in [4.78, 5) is 0. The van der Waals surface area contributed by atoms with E-state index in [4.69, 9.17) is 4.74 Å². The monoisotopic (exact) mass is 347 g/mol. The predicted octanol–water partition coefficient (Wildman–Crippen LogP) is 2.30. The molecular weight excluding hydrogens is 330 g/mol. The lowest BCUT2D eigenvalue weighted by molar-refractivity contribution is 0.254. The second-order valence-electron chi connectivity index (χ2n) is 4.56. The number of benzene rings is 1. The zero-order chi connectivity index (χ0) is 13.9. The van der Waals surface area contributed by atoms with Gasteiger partial charge in [-0.1, -0.05) is 22.9 Å². The van der Waals surface area contributed by atoms with Crippen LogP contribution in [0.1, 0.15) is 24.9 Å². The van der Waals surface area contributed by atoms with E-state index in [1.807, 2.05) is 18.2 Å². The van der Waals surface area contributed by atoms with Gasteiger partial charge in [-0.05, 0) is 18.2 Å². The molecule has 0 saturated heterocycles. The first kappa shape index (κ1) is 14.8. The molecule has 19 heavy (non-hydrogen) atoms. The number of sulfone groups is 1. The Morgan fingerprint density at radius 1 is 1.47 bits per heavy atom. The van der Waals surface area contributed by atoms with Crippen LogP contribution < -0.4 is 10.1 Å². The summed E-state index contributed by atoms with van der Waals surface area (Å²) in [6.45, 7) is 2.82. The van der Waals surface area contributed by atoms with Crippen molar-refractivity contribution in [2.24, 2.45) is 0 Å². The first-order valence-corrected chi connectivity index (χ1v) is 8.99. The SMILES string of the molecule is CCS(=O)(=O)CCNC1CCOc2ccc(Br)cc21. The Morgan fingerprint density at radius 3 is 3.00 bits per heavy atom. The van der Waals surface area contributed by atoms with Crippen LogP contribution >= 0.6 is 15.9 Å². The standard InChI is InChI=1S/C13H18BrNO3S/c1-2-19(16,17)8-6-15-12-5-7-18-13-4-3-10(14)9-11(12)13/h3-4,9,12,15H,2,5-8H2,1H3. The van der Waals surface area contributed by atoms with Crippen molar-refractivity contribution in [3.05, 3.63) is 28.2 Å². The smallest absolute Gasteiger partial charge is 0.151 e. The second-order valence-corrected chi connectivity index (χ2v) is 7.95. The van der Waals surface area contributed by atoms with Gasteiger partial charge in [-0.3, -0.25) is 0 Å². The number of hydrogen-bond acceptors (Lipinski definition) is 4. The van der Waals surface area contributed by atoms with Gasteiger partial charge in [-0.25, -0.2) is 8.42 Å². The predicted molar refractivity (Wildman–Crippen MR) is 79.3 cm³/mol. The molecule has 0 aromatic heterocycles. The Bertz CT molecular complexity index is 545. The molecule has 0 amide bonds. The number of hydrogen-bond donors (Lipinski definition) is 1. The molecule has 1 unspecified atom stereocenters. The molecule has 1 aliphatic rings. The van der Waals surface area contributed by atoms with E-state index in [-0.39, 0.29) is 17.5 Å². The molecule has 1 N–H and O–H groups in total. The maximum absolute atomic E-state index is 11.5. The number of halogens is 1. The number of fused-ring (bicyclic) bond motifs is 1. The fourth-order valence-corrected chi connectivity index (χ4v) is 3.21. The van der Waals surface area contributed by atoms with E-state index < -0.39 is 9.84 Å². The third-order valence-corrected chi connectivity index (χ3v) is 5.45. The summed E-state index contributed by atoms with van der Waals surface area (Å²) >= 11 is 3.45. The van der Waals surface area contributed by atoms with E-state index in [0.717, 1.165) is 22.2 Å². The van der Waals surface area contributed by atoms with Crippen LogP contribution in [0.15, 0.2) is 22.7 Å². The molecule has 1 heterocycles. The van der Waals surface area contributed by atoms with E-state index in [2.05, 4.69) is 21.2 Å². The maximum Gasteiger partial charge on any atom is 0.151 e. The van der Waals surface area contributed by atoms with Crippen molar-refractivity contribution in [1.29, 1.82) is 0 Å². The quantitative estimate of drug-likeness (QED) is 0.887. The van der Waals surface area contributed by atoms with Crippen LogP contribution in [0, 0.1) is 0 Å². The molecule has 4 nitrogen and oxygen atoms in total. The van der Waals surface area contributed by atoms with E-state index in [1.54, 1.807) is 6.92 Å². The van der Waals surface area contributed by atoms with Crippen LogP contribution in [-0.4, -0.2) is 33.1 Å². The Hall–Kier alpha value is -0.590. The van der Waals surface area contributed by atoms with Gasteiger partial charge in [0.2, 0.25) is 0 Å². The fourth-order valence-electron chi connectivity index (χ4n) is 2.11. The Kier molecular flexibility index (Phi) is 4.86. The van der Waals surface area contributed by atoms with E-state index in [1.165, 1.54) is 0 Å². The lowest BCUT2D eigenvalue weighted by Gasteiger charge is -2.27. The van der Waals surface area contributed by atoms with Gasteiger partial charge in [-0.2, -0.15) is 0 Å². The summed E-state index contributed by atoms with van der Waals surface area (Å²) in [5.41, 5.74) is 1.09. The van der Waals surface area contributed by atoms with Crippen molar-refractivity contribution in [1.82, 2.24) is 5.32 Å². The average molecular weight is 348 g/mol. The third kappa shape index (κ3) is 3.94. The molecule has 0 bridgehead atoms. The Labute approximate surface area is 122 Å². The molecule has 1 aromatic carbocycles. The van der Waals surface area contributed by atoms with Crippen molar-refractivity contribution in [3.8, 4) is 5.75 Å². The van der Waals surface area contributed by atoms with Gasteiger partial charge in [-0.15, -0.1) is 0 Å². The van der Waals surface area contributed by atoms with Gasteiger partial charge in [0.15, 0.2) is 9.84 Å². The van der Waals surface area contributed by atoms with Crippen molar-refractivity contribution in [2.75, 3.05) is 24.7 Å². The minimum absolute atomic E-state index is 0.160. The summed E-state index contributed by atoms with van der Waals surface area (Å²) in [5.74, 6) is 1.26. The lowest BCUT2D eigenvalue weighted by atomic mass is 10.0. The molecule has 106 valence electrons. The number of ether oxygens (including phenoxy) is 1. The second kappa shape index (κ2) is 6.24. The molecule has 1 aliphatic heterocycles. The highest BCUT2D eigenvalue weighted by molar-refractivity contribution is 9.10. The van der Waals surface area contributed by atoms with Crippen LogP contribution in [0.5, 0.6) is 5.75 Å².